The molecule has 1 N–H and O–H groups in total. The molecule has 0 aromatic carbocycles. The van der Waals surface area contributed by atoms with E-state index in [1.807, 2.05) is 16.8 Å². The van der Waals surface area contributed by atoms with Crippen molar-refractivity contribution in [3.63, 3.8) is 0 Å². The van der Waals surface area contributed by atoms with Crippen molar-refractivity contribution in [2.24, 2.45) is 0 Å². The van der Waals surface area contributed by atoms with Crippen LogP contribution in [0.15, 0.2) is 27.5 Å². The molecule has 0 bridgehead atoms. The van der Waals surface area contributed by atoms with Crippen LogP contribution < -0.4 is 0 Å². The van der Waals surface area contributed by atoms with E-state index in [0.29, 0.717) is 24.0 Å². The van der Waals surface area contributed by atoms with Gasteiger partial charge in [-0.25, -0.2) is 4.68 Å². The number of nitrogens with zero attached hydrogens (tertiary/aromatic N) is 5. The molecule has 0 aliphatic carbocycles. The highest BCUT2D eigenvalue weighted by atomic mass is 32.1. The highest BCUT2D eigenvalue weighted by Gasteiger charge is 2.11. The molecular formula is C11H11N5O2S. The SMILES string of the molecule is CC(O)c1cn(Cc2nc(-c3ccsc3)no2)nn1. The molecule has 98 valence electrons. The summed E-state index contributed by atoms with van der Waals surface area (Å²) in [6.07, 6.45) is 1.01. The second kappa shape index (κ2) is 4.90. The number of aliphatic hydroxyl groups excluding tert-OH is 1. The first kappa shape index (κ1) is 12.0. The third-order valence-electron chi connectivity index (χ3n) is 2.53. The number of rotatable bonds is 4. The normalized spacial score (nSPS) is 12.7. The Hall–Kier alpha value is -2.06. The van der Waals surface area contributed by atoms with Crippen molar-refractivity contribution in [2.45, 2.75) is 19.6 Å². The van der Waals surface area contributed by atoms with Crippen molar-refractivity contribution >= 4 is 11.3 Å². The Labute approximate surface area is 112 Å². The first-order valence-electron chi connectivity index (χ1n) is 5.65. The Balaban J connectivity index is 1.76. The average Bonchev–Trinajstić information content (AvgIpc) is 3.09. The Kier molecular flexibility index (Phi) is 3.10. The summed E-state index contributed by atoms with van der Waals surface area (Å²) in [4.78, 5) is 4.28. The quantitative estimate of drug-likeness (QED) is 0.777. The number of aromatic nitrogens is 5. The van der Waals surface area contributed by atoms with Crippen LogP contribution in [-0.2, 0) is 6.54 Å². The van der Waals surface area contributed by atoms with E-state index in [0.717, 1.165) is 5.56 Å². The molecule has 0 spiro atoms. The van der Waals surface area contributed by atoms with Crippen LogP contribution in [0.3, 0.4) is 0 Å². The zero-order valence-electron chi connectivity index (χ0n) is 10.1. The number of hydrogen-bond acceptors (Lipinski definition) is 7. The van der Waals surface area contributed by atoms with E-state index >= 15 is 0 Å². The first-order chi connectivity index (χ1) is 9.22. The molecular weight excluding hydrogens is 266 g/mol. The molecule has 0 aliphatic heterocycles. The first-order valence-corrected chi connectivity index (χ1v) is 6.60. The van der Waals surface area contributed by atoms with Crippen molar-refractivity contribution in [1.29, 1.82) is 0 Å². The summed E-state index contributed by atoms with van der Waals surface area (Å²) >= 11 is 1.58. The summed E-state index contributed by atoms with van der Waals surface area (Å²) in [5, 5.41) is 24.9. The van der Waals surface area contributed by atoms with E-state index in [9.17, 15) is 5.11 Å². The molecule has 3 aromatic rings. The lowest BCUT2D eigenvalue weighted by Crippen LogP contribution is -2.00. The summed E-state index contributed by atoms with van der Waals surface area (Å²) in [5.41, 5.74) is 1.45. The Morgan fingerprint density at radius 3 is 3.11 bits per heavy atom. The molecule has 1 atom stereocenters. The molecule has 1 unspecified atom stereocenters. The molecule has 3 heterocycles. The van der Waals surface area contributed by atoms with Crippen LogP contribution in [0.5, 0.6) is 0 Å². The van der Waals surface area contributed by atoms with Crippen molar-refractivity contribution in [3.8, 4) is 11.4 Å². The summed E-state index contributed by atoms with van der Waals surface area (Å²) in [6, 6.07) is 1.93. The predicted molar refractivity (Wildman–Crippen MR) is 67.4 cm³/mol. The summed E-state index contributed by atoms with van der Waals surface area (Å²) < 4.78 is 6.70. The van der Waals surface area contributed by atoms with Crippen molar-refractivity contribution < 1.29 is 9.63 Å². The molecule has 3 rings (SSSR count). The van der Waals surface area contributed by atoms with Gasteiger partial charge in [0.1, 0.15) is 12.2 Å². The number of thiophene rings is 1. The molecule has 0 fully saturated rings. The lowest BCUT2D eigenvalue weighted by molar-refractivity contribution is 0.194. The molecule has 0 radical (unpaired) electrons. The highest BCUT2D eigenvalue weighted by Crippen LogP contribution is 2.18. The molecule has 0 saturated carbocycles. The summed E-state index contributed by atoms with van der Waals surface area (Å²) in [6.45, 7) is 1.96. The number of aliphatic hydroxyl groups is 1. The molecule has 7 nitrogen and oxygen atoms in total. The van der Waals surface area contributed by atoms with Gasteiger partial charge in [-0.3, -0.25) is 0 Å². The molecule has 8 heteroatoms. The predicted octanol–water partition coefficient (Wildman–Crippen LogP) is 1.49. The maximum absolute atomic E-state index is 9.37. The van der Waals surface area contributed by atoms with E-state index < -0.39 is 6.10 Å². The average molecular weight is 277 g/mol. The van der Waals surface area contributed by atoms with Gasteiger partial charge in [0.05, 0.1) is 12.3 Å². The molecule has 0 amide bonds. The fourth-order valence-corrected chi connectivity index (χ4v) is 2.18. The van der Waals surface area contributed by atoms with Crippen molar-refractivity contribution in [3.05, 3.63) is 34.6 Å². The van der Waals surface area contributed by atoms with E-state index in [1.165, 1.54) is 0 Å². The van der Waals surface area contributed by atoms with Gasteiger partial charge in [0.15, 0.2) is 0 Å². The van der Waals surface area contributed by atoms with E-state index in [-0.39, 0.29) is 0 Å². The van der Waals surface area contributed by atoms with Gasteiger partial charge in [-0.15, -0.1) is 5.10 Å². The van der Waals surface area contributed by atoms with Gasteiger partial charge in [0.2, 0.25) is 11.7 Å². The van der Waals surface area contributed by atoms with Crippen LogP contribution >= 0.6 is 11.3 Å². The van der Waals surface area contributed by atoms with Crippen LogP contribution in [0.2, 0.25) is 0 Å². The minimum atomic E-state index is -0.641. The van der Waals surface area contributed by atoms with Crippen LogP contribution in [0.4, 0.5) is 0 Å². The topological polar surface area (TPSA) is 89.9 Å². The Morgan fingerprint density at radius 2 is 2.42 bits per heavy atom. The van der Waals surface area contributed by atoms with Crippen molar-refractivity contribution in [1.82, 2.24) is 25.1 Å². The monoisotopic (exact) mass is 277 g/mol. The summed E-state index contributed by atoms with van der Waals surface area (Å²) in [5.74, 6) is 1.01. The molecule has 19 heavy (non-hydrogen) atoms. The van der Waals surface area contributed by atoms with Crippen LogP contribution in [0, 0.1) is 0 Å². The van der Waals surface area contributed by atoms with Crippen LogP contribution in [-0.4, -0.2) is 30.2 Å². The van der Waals surface area contributed by atoms with Gasteiger partial charge in [-0.1, -0.05) is 10.4 Å². The minimum Gasteiger partial charge on any atom is -0.387 e. The largest absolute Gasteiger partial charge is 0.387 e. The van der Waals surface area contributed by atoms with Crippen molar-refractivity contribution in [2.75, 3.05) is 0 Å². The maximum atomic E-state index is 9.37. The van der Waals surface area contributed by atoms with E-state index in [4.69, 9.17) is 4.52 Å². The molecule has 0 aliphatic rings. The molecule has 3 aromatic heterocycles. The highest BCUT2D eigenvalue weighted by molar-refractivity contribution is 7.08. The zero-order chi connectivity index (χ0) is 13.2. The lowest BCUT2D eigenvalue weighted by Gasteiger charge is -1.95. The van der Waals surface area contributed by atoms with Gasteiger partial charge in [-0.2, -0.15) is 16.3 Å². The molecule has 0 saturated heterocycles. The second-order valence-electron chi connectivity index (χ2n) is 4.04. The van der Waals surface area contributed by atoms with Crippen LogP contribution in [0.25, 0.3) is 11.4 Å². The Morgan fingerprint density at radius 1 is 1.53 bits per heavy atom. The maximum Gasteiger partial charge on any atom is 0.248 e. The fraction of sp³-hybridized carbons (Fsp3) is 0.273. The van der Waals surface area contributed by atoms with Gasteiger partial charge >= 0.3 is 0 Å². The fourth-order valence-electron chi connectivity index (χ4n) is 1.55. The van der Waals surface area contributed by atoms with Gasteiger partial charge in [0.25, 0.3) is 0 Å². The van der Waals surface area contributed by atoms with Gasteiger partial charge < -0.3 is 9.63 Å². The van der Waals surface area contributed by atoms with Crippen LogP contribution in [0.1, 0.15) is 24.6 Å². The third-order valence-corrected chi connectivity index (χ3v) is 3.21. The standard InChI is InChI=1S/C11H11N5O2S/c1-7(17)9-4-16(15-13-9)5-10-12-11(14-18-10)8-2-3-19-6-8/h2-4,6-7,17H,5H2,1H3. The lowest BCUT2D eigenvalue weighted by atomic mass is 10.3. The second-order valence-corrected chi connectivity index (χ2v) is 4.82. The number of hydrogen-bond donors (Lipinski definition) is 1. The minimum absolute atomic E-state index is 0.330. The smallest absolute Gasteiger partial charge is 0.248 e. The third kappa shape index (κ3) is 2.54. The summed E-state index contributed by atoms with van der Waals surface area (Å²) in [7, 11) is 0. The van der Waals surface area contributed by atoms with E-state index in [1.54, 1.807) is 29.1 Å². The van der Waals surface area contributed by atoms with Gasteiger partial charge in [-0.05, 0) is 18.4 Å². The zero-order valence-corrected chi connectivity index (χ0v) is 10.9. The van der Waals surface area contributed by atoms with E-state index in [2.05, 4.69) is 20.5 Å². The Bertz CT molecular complexity index is 658. The van der Waals surface area contributed by atoms with Gasteiger partial charge in [0, 0.05) is 10.9 Å².